The summed E-state index contributed by atoms with van der Waals surface area (Å²) in [4.78, 5) is 21.2. The molecule has 3 N–H and O–H groups in total. The summed E-state index contributed by atoms with van der Waals surface area (Å²) < 4.78 is 6.02. The van der Waals surface area contributed by atoms with E-state index >= 15 is 0 Å². The number of rotatable bonds is 6. The average molecular weight is 478 g/mol. The topological polar surface area (TPSA) is 88.2 Å². The van der Waals surface area contributed by atoms with E-state index in [1.165, 1.54) is 11.8 Å². The summed E-state index contributed by atoms with van der Waals surface area (Å²) in [5, 5.41) is 11.1. The first-order valence-corrected chi connectivity index (χ1v) is 12.1. The van der Waals surface area contributed by atoms with Gasteiger partial charge in [0.25, 0.3) is 0 Å². The van der Waals surface area contributed by atoms with Crippen molar-refractivity contribution in [3.63, 3.8) is 0 Å². The molecular formula is C21H24ClN5O2S2. The Morgan fingerprint density at radius 3 is 3.03 bits per heavy atom. The summed E-state index contributed by atoms with van der Waals surface area (Å²) in [6.45, 7) is 2.48. The van der Waals surface area contributed by atoms with E-state index < -0.39 is 0 Å². The van der Waals surface area contributed by atoms with Gasteiger partial charge >= 0.3 is 0 Å². The van der Waals surface area contributed by atoms with E-state index in [4.69, 9.17) is 28.6 Å². The lowest BCUT2D eigenvalue weighted by molar-refractivity contribution is -0.121. The summed E-state index contributed by atoms with van der Waals surface area (Å²) in [5.74, 6) is 0.661. The second kappa shape index (κ2) is 9.58. The van der Waals surface area contributed by atoms with Crippen LogP contribution in [0.3, 0.4) is 0 Å². The number of halogens is 1. The third-order valence-corrected chi connectivity index (χ3v) is 6.35. The molecule has 10 heteroatoms. The molecule has 1 aromatic carbocycles. The van der Waals surface area contributed by atoms with Crippen LogP contribution in [0.4, 0.5) is 0 Å². The van der Waals surface area contributed by atoms with Crippen LogP contribution < -0.4 is 20.7 Å². The molecule has 3 atom stereocenters. The van der Waals surface area contributed by atoms with Crippen LogP contribution in [0.5, 0.6) is 5.75 Å². The Morgan fingerprint density at radius 1 is 1.42 bits per heavy atom. The van der Waals surface area contributed by atoms with E-state index in [0.29, 0.717) is 40.4 Å². The van der Waals surface area contributed by atoms with Gasteiger partial charge in [-0.15, -0.1) is 0 Å². The number of thioether (sulfide) groups is 1. The lowest BCUT2D eigenvalue weighted by Gasteiger charge is -2.30. The summed E-state index contributed by atoms with van der Waals surface area (Å²) in [5.41, 5.74) is 2.77. The molecule has 164 valence electrons. The summed E-state index contributed by atoms with van der Waals surface area (Å²) >= 11 is 13.2. The van der Waals surface area contributed by atoms with Crippen LogP contribution in [0.25, 0.3) is 11.3 Å². The molecule has 2 aromatic rings. The van der Waals surface area contributed by atoms with Gasteiger partial charge in [0.2, 0.25) is 5.91 Å². The van der Waals surface area contributed by atoms with Crippen molar-refractivity contribution in [1.29, 1.82) is 0 Å². The van der Waals surface area contributed by atoms with E-state index in [0.717, 1.165) is 23.2 Å². The van der Waals surface area contributed by atoms with Gasteiger partial charge < -0.3 is 20.7 Å². The van der Waals surface area contributed by atoms with E-state index in [1.54, 1.807) is 6.20 Å². The van der Waals surface area contributed by atoms with Crippen LogP contribution in [0.15, 0.2) is 29.6 Å². The van der Waals surface area contributed by atoms with Gasteiger partial charge in [0.05, 0.1) is 17.3 Å². The Balaban J connectivity index is 1.35. The molecule has 2 aliphatic rings. The number of nitrogens with zero attached hydrogens (tertiary/aromatic N) is 2. The Kier molecular flexibility index (Phi) is 6.83. The number of hydrogen-bond donors (Lipinski definition) is 3. The van der Waals surface area contributed by atoms with Gasteiger partial charge in [-0.3, -0.25) is 4.79 Å². The van der Waals surface area contributed by atoms with Gasteiger partial charge in [-0.05, 0) is 50.0 Å². The molecule has 1 fully saturated rings. The SMILES string of the molecule is CSc1nccc(-c2cc(Cl)c3c(c2)C[C@H](CNC(=O)C[C@@H]2C[C@@H](C)NC(=S)N2)O3)n1. The highest BCUT2D eigenvalue weighted by molar-refractivity contribution is 7.98. The molecule has 1 saturated heterocycles. The largest absolute Gasteiger partial charge is 0.486 e. The number of ether oxygens (including phenoxy) is 1. The Bertz CT molecular complexity index is 1010. The highest BCUT2D eigenvalue weighted by Crippen LogP contribution is 2.39. The number of amides is 1. The number of carbonyl (C=O) groups is 1. The van der Waals surface area contributed by atoms with Crippen molar-refractivity contribution < 1.29 is 9.53 Å². The minimum absolute atomic E-state index is 0.0219. The third-order valence-electron chi connectivity index (χ3n) is 5.27. The minimum Gasteiger partial charge on any atom is -0.486 e. The van der Waals surface area contributed by atoms with Crippen LogP contribution in [0.2, 0.25) is 5.02 Å². The van der Waals surface area contributed by atoms with Crippen LogP contribution >= 0.6 is 35.6 Å². The van der Waals surface area contributed by atoms with Crippen LogP contribution in [-0.2, 0) is 11.2 Å². The minimum atomic E-state index is -0.153. The van der Waals surface area contributed by atoms with Gasteiger partial charge in [0.1, 0.15) is 11.9 Å². The number of hydrogen-bond acceptors (Lipinski definition) is 6. The molecular weight excluding hydrogens is 454 g/mol. The molecule has 3 heterocycles. The van der Waals surface area contributed by atoms with Crippen molar-refractivity contribution in [2.45, 2.75) is 49.5 Å². The van der Waals surface area contributed by atoms with Crippen molar-refractivity contribution >= 4 is 46.6 Å². The first-order chi connectivity index (χ1) is 14.9. The average Bonchev–Trinajstić information content (AvgIpc) is 3.15. The Hall–Kier alpha value is -2.10. The molecule has 31 heavy (non-hydrogen) atoms. The number of carbonyl (C=O) groups excluding carboxylic acids is 1. The molecule has 0 unspecified atom stereocenters. The zero-order valence-electron chi connectivity index (χ0n) is 17.3. The van der Waals surface area contributed by atoms with Crippen LogP contribution in [0.1, 0.15) is 25.3 Å². The molecule has 0 radical (unpaired) electrons. The Morgan fingerprint density at radius 2 is 2.26 bits per heavy atom. The number of nitrogens with one attached hydrogen (secondary N) is 3. The lowest BCUT2D eigenvalue weighted by atomic mass is 10.0. The zero-order chi connectivity index (χ0) is 22.0. The van der Waals surface area contributed by atoms with Gasteiger partial charge in [-0.2, -0.15) is 0 Å². The van der Waals surface area contributed by atoms with Crippen molar-refractivity contribution in [2.75, 3.05) is 12.8 Å². The summed E-state index contributed by atoms with van der Waals surface area (Å²) in [6, 6.07) is 6.09. The highest BCUT2D eigenvalue weighted by Gasteiger charge is 2.28. The monoisotopic (exact) mass is 477 g/mol. The number of benzene rings is 1. The number of fused-ring (bicyclic) bond motifs is 1. The molecule has 2 aliphatic heterocycles. The van der Waals surface area contributed by atoms with Crippen molar-refractivity contribution in [3.05, 3.63) is 35.0 Å². The predicted molar refractivity (Wildman–Crippen MR) is 127 cm³/mol. The molecule has 0 bridgehead atoms. The normalized spacial score (nSPS) is 22.2. The van der Waals surface area contributed by atoms with Crippen molar-refractivity contribution in [3.8, 4) is 17.0 Å². The van der Waals surface area contributed by atoms with Gasteiger partial charge in [-0.1, -0.05) is 23.4 Å². The van der Waals surface area contributed by atoms with Crippen LogP contribution in [0, 0.1) is 0 Å². The zero-order valence-corrected chi connectivity index (χ0v) is 19.7. The third kappa shape index (κ3) is 5.39. The van der Waals surface area contributed by atoms with Gasteiger partial charge in [0, 0.05) is 42.2 Å². The molecule has 7 nitrogen and oxygen atoms in total. The molecule has 0 aliphatic carbocycles. The smallest absolute Gasteiger partial charge is 0.222 e. The number of aromatic nitrogens is 2. The fraction of sp³-hybridized carbons (Fsp3) is 0.429. The number of thiocarbonyl (C=S) groups is 1. The van der Waals surface area contributed by atoms with Crippen molar-refractivity contribution in [2.24, 2.45) is 0 Å². The Labute approximate surface area is 196 Å². The molecule has 1 amide bonds. The molecule has 0 spiro atoms. The predicted octanol–water partition coefficient (Wildman–Crippen LogP) is 2.95. The maximum Gasteiger partial charge on any atom is 0.222 e. The van der Waals surface area contributed by atoms with E-state index in [2.05, 4.69) is 38.9 Å². The first kappa shape index (κ1) is 22.1. The second-order valence-corrected chi connectivity index (χ2v) is 9.37. The standard InChI is InChI=1S/C21H24ClN5O2S2/c1-11-5-14(26-20(30)25-11)9-18(28)24-10-15-7-13-6-12(8-16(22)19(13)29-15)17-3-4-23-21(27-17)31-2/h3-4,6,8,11,14-15H,5,7,9-10H2,1-2H3,(H,24,28)(H2,25,26,30)/t11-,14+,15-/m1/s1. The molecule has 4 rings (SSSR count). The quantitative estimate of drug-likeness (QED) is 0.332. The van der Waals surface area contributed by atoms with E-state index in [-0.39, 0.29) is 24.1 Å². The maximum absolute atomic E-state index is 12.4. The van der Waals surface area contributed by atoms with Gasteiger partial charge in [0.15, 0.2) is 10.3 Å². The van der Waals surface area contributed by atoms with Gasteiger partial charge in [-0.25, -0.2) is 9.97 Å². The lowest BCUT2D eigenvalue weighted by Crippen LogP contribution is -2.54. The first-order valence-electron chi connectivity index (χ1n) is 10.1. The molecule has 1 aromatic heterocycles. The maximum atomic E-state index is 12.4. The van der Waals surface area contributed by atoms with E-state index in [9.17, 15) is 4.79 Å². The second-order valence-electron chi connectivity index (χ2n) is 7.78. The fourth-order valence-electron chi connectivity index (χ4n) is 3.90. The highest BCUT2D eigenvalue weighted by atomic mass is 35.5. The summed E-state index contributed by atoms with van der Waals surface area (Å²) in [6.07, 6.45) is 5.43. The molecule has 0 saturated carbocycles. The van der Waals surface area contributed by atoms with Crippen molar-refractivity contribution in [1.82, 2.24) is 25.9 Å². The summed E-state index contributed by atoms with van der Waals surface area (Å²) in [7, 11) is 0. The van der Waals surface area contributed by atoms with E-state index in [1.807, 2.05) is 18.4 Å². The fourth-order valence-corrected chi connectivity index (χ4v) is 4.91. The van der Waals surface area contributed by atoms with Crippen LogP contribution in [-0.4, -0.2) is 52.0 Å².